The van der Waals surface area contributed by atoms with Crippen molar-refractivity contribution in [3.05, 3.63) is 74.8 Å². The van der Waals surface area contributed by atoms with Gasteiger partial charge in [-0.05, 0) is 44.0 Å². The smallest absolute Gasteiger partial charge is 0.416 e. The molecule has 1 aliphatic rings. The summed E-state index contributed by atoms with van der Waals surface area (Å²) in [7, 11) is 0. The fourth-order valence-corrected chi connectivity index (χ4v) is 5.42. The van der Waals surface area contributed by atoms with Crippen molar-refractivity contribution in [2.75, 3.05) is 36.4 Å². The van der Waals surface area contributed by atoms with Crippen LogP contribution in [-0.2, 0) is 23.9 Å². The number of anilines is 2. The number of alkyl halides is 5. The average Bonchev–Trinajstić information content (AvgIpc) is 3.03. The lowest BCUT2D eigenvalue weighted by atomic mass is 10.1. The number of aromatic nitrogens is 5. The highest BCUT2D eigenvalue weighted by molar-refractivity contribution is 5.95. The van der Waals surface area contributed by atoms with E-state index in [1.807, 2.05) is 0 Å². The van der Waals surface area contributed by atoms with Gasteiger partial charge in [0, 0.05) is 37.6 Å². The summed E-state index contributed by atoms with van der Waals surface area (Å²) in [4.78, 5) is 59.1. The highest BCUT2D eigenvalue weighted by Crippen LogP contribution is 2.32. The summed E-state index contributed by atoms with van der Waals surface area (Å²) in [5.74, 6) is -1.56. The van der Waals surface area contributed by atoms with E-state index in [1.54, 1.807) is 11.8 Å². The summed E-state index contributed by atoms with van der Waals surface area (Å²) < 4.78 is 68.0. The topological polar surface area (TPSA) is 146 Å². The molecule has 1 saturated heterocycles. The average molecular weight is 661 g/mol. The predicted molar refractivity (Wildman–Crippen MR) is 159 cm³/mol. The van der Waals surface area contributed by atoms with Crippen molar-refractivity contribution in [3.8, 4) is 5.75 Å². The third-order valence-electron chi connectivity index (χ3n) is 7.84. The Morgan fingerprint density at radius 3 is 2.38 bits per heavy atom. The predicted octanol–water partition coefficient (Wildman–Crippen LogP) is 4.02. The number of benzene rings is 1. The second-order valence-electron chi connectivity index (χ2n) is 10.8. The van der Waals surface area contributed by atoms with Crippen LogP contribution in [0.25, 0.3) is 11.2 Å². The summed E-state index contributed by atoms with van der Waals surface area (Å²) in [5, 5.41) is 12.9. The van der Waals surface area contributed by atoms with Crippen LogP contribution in [0.3, 0.4) is 0 Å². The van der Waals surface area contributed by atoms with E-state index in [4.69, 9.17) is 0 Å². The van der Waals surface area contributed by atoms with Gasteiger partial charge in [0.2, 0.25) is 11.3 Å². The van der Waals surface area contributed by atoms with E-state index in [-0.39, 0.29) is 72.3 Å². The fourth-order valence-electron chi connectivity index (χ4n) is 5.42. The second kappa shape index (κ2) is 12.9. The van der Waals surface area contributed by atoms with Gasteiger partial charge in [-0.2, -0.15) is 13.2 Å². The van der Waals surface area contributed by atoms with Crippen LogP contribution >= 0.6 is 0 Å². The molecule has 3 aromatic heterocycles. The Balaban J connectivity index is 1.49. The summed E-state index contributed by atoms with van der Waals surface area (Å²) in [6.07, 6.45) is -5.43. The Morgan fingerprint density at radius 1 is 1.06 bits per heavy atom. The largest absolute Gasteiger partial charge is 0.504 e. The number of fused-ring (bicyclic) bond motifs is 1. The number of piperazine rings is 1. The van der Waals surface area contributed by atoms with Gasteiger partial charge < -0.3 is 24.8 Å². The maximum Gasteiger partial charge on any atom is 0.416 e. The number of pyridine rings is 1. The zero-order valence-electron chi connectivity index (χ0n) is 25.4. The van der Waals surface area contributed by atoms with Crippen molar-refractivity contribution in [2.45, 2.75) is 46.3 Å². The monoisotopic (exact) mass is 660 g/mol. The van der Waals surface area contributed by atoms with Crippen molar-refractivity contribution >= 4 is 34.4 Å². The van der Waals surface area contributed by atoms with Crippen molar-refractivity contribution in [1.82, 2.24) is 29.4 Å². The molecule has 1 fully saturated rings. The SMILES string of the molecule is CCc1c(N2CCN(C(=O)c3ncnc(C)c3O)CC2)c(=O)c2nc(C(F)F)cnc2n1CC(=O)Nc1ccc(C(F)(F)F)cc1C. The maximum atomic E-state index is 13.9. The van der Waals surface area contributed by atoms with E-state index in [0.29, 0.717) is 5.69 Å². The fraction of sp³-hybridized carbons (Fsp3) is 0.367. The van der Waals surface area contributed by atoms with E-state index in [1.165, 1.54) is 23.3 Å². The number of nitrogens with one attached hydrogen (secondary N) is 1. The summed E-state index contributed by atoms with van der Waals surface area (Å²) in [6.45, 7) is 4.66. The first-order valence-electron chi connectivity index (χ1n) is 14.4. The van der Waals surface area contributed by atoms with E-state index < -0.39 is 53.2 Å². The van der Waals surface area contributed by atoms with Crippen molar-refractivity contribution < 1.29 is 36.6 Å². The van der Waals surface area contributed by atoms with E-state index in [2.05, 4.69) is 25.3 Å². The molecule has 4 aromatic rings. The van der Waals surface area contributed by atoms with Gasteiger partial charge in [-0.1, -0.05) is 6.92 Å². The van der Waals surface area contributed by atoms with E-state index in [9.17, 15) is 41.4 Å². The number of carbonyl (C=O) groups excluding carboxylic acids is 2. The van der Waals surface area contributed by atoms with Gasteiger partial charge in [-0.3, -0.25) is 14.4 Å². The highest BCUT2D eigenvalue weighted by Gasteiger charge is 2.32. The molecule has 2 amide bonds. The van der Waals surface area contributed by atoms with Crippen LogP contribution in [0.4, 0.5) is 33.3 Å². The second-order valence-corrected chi connectivity index (χ2v) is 10.8. The van der Waals surface area contributed by atoms with Crippen LogP contribution in [0.2, 0.25) is 0 Å². The Labute approximate surface area is 263 Å². The molecule has 0 spiro atoms. The van der Waals surface area contributed by atoms with Crippen LogP contribution in [-0.4, -0.2) is 72.5 Å². The lowest BCUT2D eigenvalue weighted by molar-refractivity contribution is -0.137. The van der Waals surface area contributed by atoms with Gasteiger partial charge >= 0.3 is 6.18 Å². The highest BCUT2D eigenvalue weighted by atomic mass is 19.4. The van der Waals surface area contributed by atoms with Crippen molar-refractivity contribution in [2.24, 2.45) is 0 Å². The molecular weight excluding hydrogens is 631 g/mol. The molecular formula is C30H29F5N8O4. The Morgan fingerprint density at radius 2 is 1.77 bits per heavy atom. The molecule has 4 heterocycles. The number of amides is 2. The number of aryl methyl sites for hydroxylation is 2. The number of halogens is 5. The molecule has 2 N–H and O–H groups in total. The molecule has 12 nitrogen and oxygen atoms in total. The van der Waals surface area contributed by atoms with Crippen molar-refractivity contribution in [1.29, 1.82) is 0 Å². The molecule has 0 unspecified atom stereocenters. The van der Waals surface area contributed by atoms with Crippen LogP contribution in [0.1, 0.15) is 52.0 Å². The standard InChI is InChI=1S/C30H29F5N8O4/c1-4-20-24(41-7-9-42(10-8-41)29(47)23-25(45)16(3)37-14-38-23)26(46)22-28(36-12-19(40-22)27(31)32)43(20)13-21(44)39-18-6-5-17(11-15(18)2)30(33,34)35/h5-6,11-12,14,27,45H,4,7-10,13H2,1-3H3,(H,39,44). The molecule has 5 rings (SSSR count). The van der Waals surface area contributed by atoms with E-state index in [0.717, 1.165) is 30.7 Å². The van der Waals surface area contributed by atoms with Crippen LogP contribution < -0.4 is 15.6 Å². The number of rotatable bonds is 7. The Kier molecular flexibility index (Phi) is 9.09. The molecule has 248 valence electrons. The molecule has 0 bridgehead atoms. The summed E-state index contributed by atoms with van der Waals surface area (Å²) >= 11 is 0. The molecule has 47 heavy (non-hydrogen) atoms. The van der Waals surface area contributed by atoms with Crippen LogP contribution in [0, 0.1) is 13.8 Å². The van der Waals surface area contributed by atoms with Gasteiger partial charge in [-0.15, -0.1) is 0 Å². The molecule has 0 atom stereocenters. The molecule has 17 heteroatoms. The number of hydrogen-bond acceptors (Lipinski definition) is 9. The summed E-state index contributed by atoms with van der Waals surface area (Å²) in [6, 6.07) is 2.86. The number of hydrogen-bond donors (Lipinski definition) is 2. The van der Waals surface area contributed by atoms with Crippen LogP contribution in [0.15, 0.2) is 35.5 Å². The third-order valence-corrected chi connectivity index (χ3v) is 7.84. The van der Waals surface area contributed by atoms with Crippen molar-refractivity contribution in [3.63, 3.8) is 0 Å². The lowest BCUT2D eigenvalue weighted by Gasteiger charge is -2.37. The number of carbonyl (C=O) groups is 2. The quantitative estimate of drug-likeness (QED) is 0.281. The van der Waals surface area contributed by atoms with Gasteiger partial charge in [0.1, 0.15) is 24.3 Å². The first kappa shape index (κ1) is 33.2. The Bertz CT molecular complexity index is 1920. The molecule has 1 aromatic carbocycles. The third kappa shape index (κ3) is 6.55. The minimum Gasteiger partial charge on any atom is -0.504 e. The zero-order valence-corrected chi connectivity index (χ0v) is 25.4. The lowest BCUT2D eigenvalue weighted by Crippen LogP contribution is -2.50. The van der Waals surface area contributed by atoms with Gasteiger partial charge in [0.25, 0.3) is 12.3 Å². The van der Waals surface area contributed by atoms with Gasteiger partial charge in [0.05, 0.1) is 17.5 Å². The normalized spacial score (nSPS) is 13.8. The minimum absolute atomic E-state index is 0.0899. The maximum absolute atomic E-state index is 13.9. The molecule has 0 radical (unpaired) electrons. The van der Waals surface area contributed by atoms with Crippen LogP contribution in [0.5, 0.6) is 5.75 Å². The molecule has 1 aliphatic heterocycles. The molecule has 0 saturated carbocycles. The first-order valence-corrected chi connectivity index (χ1v) is 14.4. The molecule has 0 aliphatic carbocycles. The van der Waals surface area contributed by atoms with E-state index >= 15 is 0 Å². The zero-order chi connectivity index (χ0) is 34.2. The minimum atomic E-state index is -4.57. The van der Waals surface area contributed by atoms with Gasteiger partial charge in [-0.25, -0.2) is 28.7 Å². The Hall–Kier alpha value is -5.22. The number of nitrogens with zero attached hydrogens (tertiary/aromatic N) is 7. The van der Waals surface area contributed by atoms with Gasteiger partial charge in [0.15, 0.2) is 22.6 Å². The summed E-state index contributed by atoms with van der Waals surface area (Å²) in [5.41, 5.74) is -2.05. The number of aromatic hydroxyl groups is 1. The first-order chi connectivity index (χ1) is 22.2.